The lowest BCUT2D eigenvalue weighted by molar-refractivity contribution is 0.0477. The zero-order chi connectivity index (χ0) is 12.3. The van der Waals surface area contributed by atoms with E-state index in [2.05, 4.69) is 0 Å². The van der Waals surface area contributed by atoms with Gasteiger partial charge < -0.3 is 15.6 Å². The lowest BCUT2D eigenvalue weighted by atomic mass is 10.2. The quantitative estimate of drug-likeness (QED) is 0.497. The van der Waals surface area contributed by atoms with Crippen LogP contribution in [-0.2, 0) is 11.3 Å². The number of nitrogens with two attached hydrogens (primary N) is 1. The first-order valence-electron chi connectivity index (χ1n) is 4.95. The Morgan fingerprint density at radius 1 is 1.41 bits per heavy atom. The predicted molar refractivity (Wildman–Crippen MR) is 66.0 cm³/mol. The van der Waals surface area contributed by atoms with E-state index in [1.807, 2.05) is 17.5 Å². The van der Waals surface area contributed by atoms with E-state index >= 15 is 0 Å². The highest BCUT2D eigenvalue weighted by molar-refractivity contribution is 7.09. The summed E-state index contributed by atoms with van der Waals surface area (Å²) in [6, 6.07) is 8.03. The minimum atomic E-state index is -0.454. The molecule has 0 amide bonds. The Morgan fingerprint density at radius 3 is 2.88 bits per heavy atom. The van der Waals surface area contributed by atoms with Gasteiger partial charge >= 0.3 is 5.97 Å². The molecule has 0 spiro atoms. The van der Waals surface area contributed by atoms with E-state index in [1.54, 1.807) is 0 Å². The second-order valence-corrected chi connectivity index (χ2v) is 4.46. The normalized spacial score (nSPS) is 10.1. The van der Waals surface area contributed by atoms with Crippen LogP contribution < -0.4 is 5.73 Å². The van der Waals surface area contributed by atoms with Crippen molar-refractivity contribution < 1.29 is 14.6 Å². The Labute approximate surface area is 102 Å². The van der Waals surface area contributed by atoms with Crippen molar-refractivity contribution in [1.29, 1.82) is 0 Å². The molecular weight excluding hydrogens is 238 g/mol. The maximum absolute atomic E-state index is 11.6. The van der Waals surface area contributed by atoms with Gasteiger partial charge in [-0.2, -0.15) is 0 Å². The minimum absolute atomic E-state index is 0.0418. The molecule has 2 rings (SSSR count). The highest BCUT2D eigenvalue weighted by Crippen LogP contribution is 2.21. The standard InChI is InChI=1S/C12H11NO3S/c13-10-6-8(3-4-11(10)14)12(15)16-7-9-2-1-5-17-9/h1-6,14H,7,13H2. The molecule has 0 atom stereocenters. The summed E-state index contributed by atoms with van der Waals surface area (Å²) >= 11 is 1.52. The van der Waals surface area contributed by atoms with E-state index in [0.29, 0.717) is 5.56 Å². The van der Waals surface area contributed by atoms with Crippen LogP contribution in [0.25, 0.3) is 0 Å². The topological polar surface area (TPSA) is 72.6 Å². The van der Waals surface area contributed by atoms with Crippen molar-refractivity contribution in [2.75, 3.05) is 5.73 Å². The molecule has 0 radical (unpaired) electrons. The van der Waals surface area contributed by atoms with Gasteiger partial charge in [-0.3, -0.25) is 0 Å². The summed E-state index contributed by atoms with van der Waals surface area (Å²) in [5.41, 5.74) is 5.99. The number of phenolic OH excluding ortho intramolecular Hbond substituents is 1. The van der Waals surface area contributed by atoms with Gasteiger partial charge in [0.25, 0.3) is 0 Å². The Balaban J connectivity index is 2.02. The van der Waals surface area contributed by atoms with Gasteiger partial charge in [-0.05, 0) is 29.6 Å². The molecule has 0 aliphatic carbocycles. The van der Waals surface area contributed by atoms with Crippen molar-refractivity contribution in [2.24, 2.45) is 0 Å². The van der Waals surface area contributed by atoms with Crippen LogP contribution in [0.4, 0.5) is 5.69 Å². The molecule has 0 fully saturated rings. The van der Waals surface area contributed by atoms with Gasteiger partial charge in [0.15, 0.2) is 0 Å². The summed E-state index contributed by atoms with van der Waals surface area (Å²) in [5, 5.41) is 11.1. The minimum Gasteiger partial charge on any atom is -0.506 e. The van der Waals surface area contributed by atoms with Crippen molar-refractivity contribution in [2.45, 2.75) is 6.61 Å². The SMILES string of the molecule is Nc1cc(C(=O)OCc2cccs2)ccc1O. The second-order valence-electron chi connectivity index (χ2n) is 3.43. The number of phenols is 1. The Kier molecular flexibility index (Phi) is 3.30. The average Bonchev–Trinajstić information content (AvgIpc) is 2.82. The lowest BCUT2D eigenvalue weighted by Gasteiger charge is -2.04. The summed E-state index contributed by atoms with van der Waals surface area (Å²) < 4.78 is 5.10. The fraction of sp³-hybridized carbons (Fsp3) is 0.0833. The van der Waals surface area contributed by atoms with Gasteiger partial charge in [0.1, 0.15) is 12.4 Å². The largest absolute Gasteiger partial charge is 0.506 e. The van der Waals surface area contributed by atoms with Crippen LogP contribution in [0.2, 0.25) is 0 Å². The monoisotopic (exact) mass is 249 g/mol. The number of carbonyl (C=O) groups excluding carboxylic acids is 1. The first kappa shape index (κ1) is 11.5. The number of benzene rings is 1. The predicted octanol–water partition coefficient (Wildman–Crippen LogP) is 2.39. The van der Waals surface area contributed by atoms with Gasteiger partial charge in [-0.25, -0.2) is 4.79 Å². The van der Waals surface area contributed by atoms with Gasteiger partial charge in [-0.15, -0.1) is 11.3 Å². The van der Waals surface area contributed by atoms with Crippen molar-refractivity contribution >= 4 is 23.0 Å². The maximum atomic E-state index is 11.6. The molecule has 0 saturated heterocycles. The molecular formula is C12H11NO3S. The summed E-state index contributed by atoms with van der Waals surface area (Å²) in [7, 11) is 0. The fourth-order valence-corrected chi connectivity index (χ4v) is 1.91. The molecule has 88 valence electrons. The van der Waals surface area contributed by atoms with Crippen LogP contribution in [0.5, 0.6) is 5.75 Å². The van der Waals surface area contributed by atoms with Crippen molar-refractivity contribution in [3.05, 3.63) is 46.2 Å². The van der Waals surface area contributed by atoms with Crippen LogP contribution in [-0.4, -0.2) is 11.1 Å². The van der Waals surface area contributed by atoms with E-state index in [0.717, 1.165) is 4.88 Å². The van der Waals surface area contributed by atoms with E-state index in [9.17, 15) is 9.90 Å². The van der Waals surface area contributed by atoms with Crippen LogP contribution in [0.15, 0.2) is 35.7 Å². The van der Waals surface area contributed by atoms with Gasteiger partial charge in [-0.1, -0.05) is 6.07 Å². The zero-order valence-corrected chi connectivity index (χ0v) is 9.74. The summed E-state index contributed by atoms with van der Waals surface area (Å²) in [4.78, 5) is 12.6. The van der Waals surface area contributed by atoms with Crippen LogP contribution in [0, 0.1) is 0 Å². The van der Waals surface area contributed by atoms with Crippen LogP contribution >= 0.6 is 11.3 Å². The number of aromatic hydroxyl groups is 1. The average molecular weight is 249 g/mol. The molecule has 0 aliphatic heterocycles. The van der Waals surface area contributed by atoms with Crippen molar-refractivity contribution in [3.8, 4) is 5.75 Å². The maximum Gasteiger partial charge on any atom is 0.338 e. The molecule has 1 aromatic heterocycles. The molecule has 0 bridgehead atoms. The zero-order valence-electron chi connectivity index (χ0n) is 8.92. The number of esters is 1. The smallest absolute Gasteiger partial charge is 0.338 e. The molecule has 2 aromatic rings. The molecule has 17 heavy (non-hydrogen) atoms. The van der Waals surface area contributed by atoms with Gasteiger partial charge in [0.05, 0.1) is 11.3 Å². The van der Waals surface area contributed by atoms with E-state index in [-0.39, 0.29) is 18.0 Å². The molecule has 4 nitrogen and oxygen atoms in total. The Bertz CT molecular complexity index is 523. The highest BCUT2D eigenvalue weighted by Gasteiger charge is 2.09. The van der Waals surface area contributed by atoms with Crippen molar-refractivity contribution in [1.82, 2.24) is 0 Å². The van der Waals surface area contributed by atoms with E-state index in [1.165, 1.54) is 29.5 Å². The summed E-state index contributed by atoms with van der Waals surface area (Å²) in [5.74, 6) is -0.495. The lowest BCUT2D eigenvalue weighted by Crippen LogP contribution is -2.05. The number of thiophene rings is 1. The highest BCUT2D eigenvalue weighted by atomic mass is 32.1. The molecule has 0 saturated carbocycles. The third kappa shape index (κ3) is 2.76. The molecule has 0 unspecified atom stereocenters. The molecule has 1 heterocycles. The number of hydrogen-bond donors (Lipinski definition) is 2. The number of carbonyl (C=O) groups is 1. The van der Waals surface area contributed by atoms with Gasteiger partial charge in [0.2, 0.25) is 0 Å². The summed E-state index contributed by atoms with van der Waals surface area (Å²) in [6.45, 7) is 0.247. The number of hydrogen-bond acceptors (Lipinski definition) is 5. The Morgan fingerprint density at radius 2 is 2.24 bits per heavy atom. The van der Waals surface area contributed by atoms with Crippen LogP contribution in [0.3, 0.4) is 0 Å². The number of rotatable bonds is 3. The Hall–Kier alpha value is -2.01. The second kappa shape index (κ2) is 4.88. The molecule has 3 N–H and O–H groups in total. The number of ether oxygens (including phenoxy) is 1. The third-order valence-corrected chi connectivity index (χ3v) is 3.04. The molecule has 1 aromatic carbocycles. The van der Waals surface area contributed by atoms with Gasteiger partial charge in [0, 0.05) is 4.88 Å². The first-order valence-corrected chi connectivity index (χ1v) is 5.83. The first-order chi connectivity index (χ1) is 8.16. The fourth-order valence-electron chi connectivity index (χ4n) is 1.30. The van der Waals surface area contributed by atoms with Crippen LogP contribution in [0.1, 0.15) is 15.2 Å². The number of nitrogen functional groups attached to an aromatic ring is 1. The van der Waals surface area contributed by atoms with Crippen molar-refractivity contribution in [3.63, 3.8) is 0 Å². The summed E-state index contributed by atoms with van der Waals surface area (Å²) in [6.07, 6.45) is 0. The molecule has 0 aliphatic rings. The van der Waals surface area contributed by atoms with E-state index in [4.69, 9.17) is 10.5 Å². The third-order valence-electron chi connectivity index (χ3n) is 2.19. The number of anilines is 1. The van der Waals surface area contributed by atoms with E-state index < -0.39 is 5.97 Å². The molecule has 5 heteroatoms.